The standard InChI is InChI=1S/C16H22N2O2/c1-5-14(17(3)4)11-13-8-10-18-9-6-7-15(16(13)18)20-12(2)19/h6-10,14H,5,11H2,1-4H3. The number of pyridine rings is 1. The van der Waals surface area contributed by atoms with Crippen molar-refractivity contribution in [3.63, 3.8) is 0 Å². The van der Waals surface area contributed by atoms with Crippen molar-refractivity contribution in [1.29, 1.82) is 0 Å². The summed E-state index contributed by atoms with van der Waals surface area (Å²) in [5.41, 5.74) is 2.20. The number of ether oxygens (including phenoxy) is 1. The Balaban J connectivity index is 2.41. The van der Waals surface area contributed by atoms with Gasteiger partial charge in [0.1, 0.15) is 0 Å². The molecular formula is C16H22N2O2. The number of hydrogen-bond acceptors (Lipinski definition) is 3. The van der Waals surface area contributed by atoms with Crippen LogP contribution in [-0.4, -0.2) is 35.4 Å². The van der Waals surface area contributed by atoms with Crippen molar-refractivity contribution < 1.29 is 9.53 Å². The molecule has 0 aliphatic heterocycles. The van der Waals surface area contributed by atoms with Gasteiger partial charge in [-0.05, 0) is 50.7 Å². The van der Waals surface area contributed by atoms with Crippen molar-refractivity contribution in [1.82, 2.24) is 9.30 Å². The molecule has 0 aromatic carbocycles. The van der Waals surface area contributed by atoms with Crippen molar-refractivity contribution in [2.45, 2.75) is 32.7 Å². The normalized spacial score (nSPS) is 12.8. The zero-order valence-corrected chi connectivity index (χ0v) is 12.6. The minimum absolute atomic E-state index is 0.287. The molecule has 0 aliphatic carbocycles. The fourth-order valence-corrected chi connectivity index (χ4v) is 2.55. The lowest BCUT2D eigenvalue weighted by atomic mass is 10.0. The van der Waals surface area contributed by atoms with Gasteiger partial charge in [-0.25, -0.2) is 0 Å². The molecule has 0 amide bonds. The second kappa shape index (κ2) is 6.09. The number of likely N-dealkylation sites (N-methyl/N-ethyl adjacent to an activating group) is 1. The monoisotopic (exact) mass is 274 g/mol. The molecule has 4 heteroatoms. The molecule has 0 spiro atoms. The van der Waals surface area contributed by atoms with Crippen LogP contribution >= 0.6 is 0 Å². The van der Waals surface area contributed by atoms with Crippen LogP contribution in [0.1, 0.15) is 25.8 Å². The Morgan fingerprint density at radius 1 is 1.35 bits per heavy atom. The Labute approximate surface area is 120 Å². The highest BCUT2D eigenvalue weighted by Crippen LogP contribution is 2.26. The van der Waals surface area contributed by atoms with Crippen LogP contribution in [0.4, 0.5) is 0 Å². The molecule has 0 saturated carbocycles. The maximum Gasteiger partial charge on any atom is 0.308 e. The summed E-state index contributed by atoms with van der Waals surface area (Å²) in [4.78, 5) is 13.5. The number of nitrogens with zero attached hydrogens (tertiary/aromatic N) is 2. The van der Waals surface area contributed by atoms with E-state index in [9.17, 15) is 4.79 Å². The highest BCUT2D eigenvalue weighted by molar-refractivity contribution is 5.75. The fourth-order valence-electron chi connectivity index (χ4n) is 2.55. The number of fused-ring (bicyclic) bond motifs is 1. The van der Waals surface area contributed by atoms with Gasteiger partial charge >= 0.3 is 5.97 Å². The Morgan fingerprint density at radius 2 is 2.10 bits per heavy atom. The van der Waals surface area contributed by atoms with Gasteiger partial charge < -0.3 is 14.0 Å². The van der Waals surface area contributed by atoms with Crippen molar-refractivity contribution in [3.8, 4) is 5.75 Å². The van der Waals surface area contributed by atoms with Crippen LogP contribution in [0.3, 0.4) is 0 Å². The van der Waals surface area contributed by atoms with E-state index in [0.29, 0.717) is 11.8 Å². The van der Waals surface area contributed by atoms with E-state index in [0.717, 1.165) is 18.4 Å². The van der Waals surface area contributed by atoms with Crippen molar-refractivity contribution in [2.24, 2.45) is 0 Å². The summed E-state index contributed by atoms with van der Waals surface area (Å²) in [6.07, 6.45) is 6.01. The second-order valence-electron chi connectivity index (χ2n) is 5.29. The molecule has 2 aromatic rings. The maximum absolute atomic E-state index is 11.2. The summed E-state index contributed by atoms with van der Waals surface area (Å²) in [6.45, 7) is 3.62. The van der Waals surface area contributed by atoms with Crippen LogP contribution in [0.15, 0.2) is 30.6 Å². The summed E-state index contributed by atoms with van der Waals surface area (Å²) in [5, 5.41) is 0. The highest BCUT2D eigenvalue weighted by Gasteiger charge is 2.15. The lowest BCUT2D eigenvalue weighted by Crippen LogP contribution is -2.29. The molecule has 1 atom stereocenters. The van der Waals surface area contributed by atoms with Gasteiger partial charge in [-0.2, -0.15) is 0 Å². The number of carbonyl (C=O) groups excluding carboxylic acids is 1. The zero-order chi connectivity index (χ0) is 14.7. The van der Waals surface area contributed by atoms with E-state index in [4.69, 9.17) is 4.74 Å². The third-order valence-electron chi connectivity index (χ3n) is 3.64. The van der Waals surface area contributed by atoms with Crippen LogP contribution in [0.5, 0.6) is 5.75 Å². The summed E-state index contributed by atoms with van der Waals surface area (Å²) in [7, 11) is 4.19. The lowest BCUT2D eigenvalue weighted by molar-refractivity contribution is -0.131. The molecule has 2 rings (SSSR count). The average Bonchev–Trinajstić information content (AvgIpc) is 2.79. The summed E-state index contributed by atoms with van der Waals surface area (Å²) < 4.78 is 7.34. The molecule has 0 radical (unpaired) electrons. The first-order valence-electron chi connectivity index (χ1n) is 6.96. The fraction of sp³-hybridized carbons (Fsp3) is 0.438. The predicted octanol–water partition coefficient (Wildman–Crippen LogP) is 2.75. The van der Waals surface area contributed by atoms with Gasteiger partial charge in [0.15, 0.2) is 5.75 Å². The van der Waals surface area contributed by atoms with Gasteiger partial charge in [-0.1, -0.05) is 6.92 Å². The van der Waals surface area contributed by atoms with Crippen LogP contribution in [0.2, 0.25) is 0 Å². The minimum atomic E-state index is -0.287. The minimum Gasteiger partial charge on any atom is -0.424 e. The second-order valence-corrected chi connectivity index (χ2v) is 5.29. The number of hydrogen-bond donors (Lipinski definition) is 0. The first-order chi connectivity index (χ1) is 9.52. The first-order valence-corrected chi connectivity index (χ1v) is 6.96. The van der Waals surface area contributed by atoms with Gasteiger partial charge in [-0.3, -0.25) is 4.79 Å². The number of rotatable bonds is 5. The highest BCUT2D eigenvalue weighted by atomic mass is 16.5. The van der Waals surface area contributed by atoms with E-state index in [1.807, 2.05) is 28.9 Å². The van der Waals surface area contributed by atoms with Crippen LogP contribution in [0.25, 0.3) is 5.52 Å². The van der Waals surface area contributed by atoms with Crippen molar-refractivity contribution >= 4 is 11.5 Å². The molecule has 0 aliphatic rings. The molecule has 0 saturated heterocycles. The topological polar surface area (TPSA) is 34.0 Å². The summed E-state index contributed by atoms with van der Waals surface area (Å²) >= 11 is 0. The first kappa shape index (κ1) is 14.6. The number of esters is 1. The molecule has 4 nitrogen and oxygen atoms in total. The number of carbonyl (C=O) groups is 1. The van der Waals surface area contributed by atoms with Gasteiger partial charge in [-0.15, -0.1) is 0 Å². The Bertz CT molecular complexity index is 602. The molecule has 0 N–H and O–H groups in total. The summed E-state index contributed by atoms with van der Waals surface area (Å²) in [5.74, 6) is 0.346. The van der Waals surface area contributed by atoms with E-state index >= 15 is 0 Å². The molecule has 2 heterocycles. The molecule has 0 fully saturated rings. The third-order valence-corrected chi connectivity index (χ3v) is 3.64. The third kappa shape index (κ3) is 3.02. The quantitative estimate of drug-likeness (QED) is 0.786. The van der Waals surface area contributed by atoms with Crippen LogP contribution in [0, 0.1) is 0 Å². The molecule has 20 heavy (non-hydrogen) atoms. The molecule has 1 unspecified atom stereocenters. The van der Waals surface area contributed by atoms with E-state index in [1.54, 1.807) is 0 Å². The van der Waals surface area contributed by atoms with Crippen molar-refractivity contribution in [3.05, 3.63) is 36.2 Å². The average molecular weight is 274 g/mol. The predicted molar refractivity (Wildman–Crippen MR) is 80.2 cm³/mol. The Morgan fingerprint density at radius 3 is 2.70 bits per heavy atom. The van der Waals surface area contributed by atoms with E-state index in [1.165, 1.54) is 12.5 Å². The van der Waals surface area contributed by atoms with Crippen LogP contribution in [-0.2, 0) is 11.2 Å². The van der Waals surface area contributed by atoms with E-state index in [-0.39, 0.29) is 5.97 Å². The van der Waals surface area contributed by atoms with Crippen molar-refractivity contribution in [2.75, 3.05) is 14.1 Å². The Kier molecular flexibility index (Phi) is 4.45. The van der Waals surface area contributed by atoms with Gasteiger partial charge in [0.25, 0.3) is 0 Å². The molecule has 2 aromatic heterocycles. The SMILES string of the molecule is CCC(Cc1ccn2cccc(OC(C)=O)c12)N(C)C. The van der Waals surface area contributed by atoms with Gasteiger partial charge in [0.05, 0.1) is 5.52 Å². The smallest absolute Gasteiger partial charge is 0.308 e. The molecule has 0 bridgehead atoms. The zero-order valence-electron chi connectivity index (χ0n) is 12.6. The van der Waals surface area contributed by atoms with E-state index < -0.39 is 0 Å². The van der Waals surface area contributed by atoms with Gasteiger partial charge in [0.2, 0.25) is 0 Å². The summed E-state index contributed by atoms with van der Waals surface area (Å²) in [6, 6.07) is 6.32. The van der Waals surface area contributed by atoms with E-state index in [2.05, 4.69) is 32.0 Å². The molecule has 108 valence electrons. The maximum atomic E-state index is 11.2. The van der Waals surface area contributed by atoms with Gasteiger partial charge in [0, 0.05) is 25.4 Å². The Hall–Kier alpha value is -1.81. The van der Waals surface area contributed by atoms with Crippen LogP contribution < -0.4 is 4.74 Å². The molecular weight excluding hydrogens is 252 g/mol. The lowest BCUT2D eigenvalue weighted by Gasteiger charge is -2.22. The number of aromatic nitrogens is 1. The largest absolute Gasteiger partial charge is 0.424 e.